The Hall–Kier alpha value is -3.47. The number of carbonyl (C=O) groups is 3. The highest BCUT2D eigenvalue weighted by molar-refractivity contribution is 6.30. The van der Waals surface area contributed by atoms with Gasteiger partial charge in [0, 0.05) is 23.4 Å². The normalized spacial score (nSPS) is 12.5. The predicted molar refractivity (Wildman–Crippen MR) is 104 cm³/mol. The van der Waals surface area contributed by atoms with Crippen molar-refractivity contribution in [2.24, 2.45) is 0 Å². The molecule has 0 radical (unpaired) electrons. The standard InChI is InChI=1S/C23H19NO4/c1-13-8-10-15(11-9-13)12-24-14(2)18(23(27)28-3)19-20(24)22(26)17-7-5-4-6-16(17)21(19)25/h4-11H,12H2,1-3H3. The van der Waals surface area contributed by atoms with E-state index in [-0.39, 0.29) is 28.4 Å². The van der Waals surface area contributed by atoms with E-state index in [1.165, 1.54) is 7.11 Å². The highest BCUT2D eigenvalue weighted by atomic mass is 16.5. The number of ether oxygens (including phenoxy) is 1. The summed E-state index contributed by atoms with van der Waals surface area (Å²) in [6.45, 7) is 4.12. The maximum atomic E-state index is 13.3. The molecule has 28 heavy (non-hydrogen) atoms. The molecular formula is C23H19NO4. The smallest absolute Gasteiger partial charge is 0.340 e. The largest absolute Gasteiger partial charge is 0.465 e. The molecule has 2 aromatic carbocycles. The van der Waals surface area contributed by atoms with E-state index in [2.05, 4.69) is 0 Å². The van der Waals surface area contributed by atoms with Crippen LogP contribution in [0.3, 0.4) is 0 Å². The molecular weight excluding hydrogens is 354 g/mol. The van der Waals surface area contributed by atoms with Crippen LogP contribution in [0.5, 0.6) is 0 Å². The van der Waals surface area contributed by atoms with Gasteiger partial charge in [-0.05, 0) is 19.4 Å². The van der Waals surface area contributed by atoms with Gasteiger partial charge in [-0.2, -0.15) is 0 Å². The van der Waals surface area contributed by atoms with E-state index in [1.807, 2.05) is 31.2 Å². The van der Waals surface area contributed by atoms with Crippen LogP contribution in [0.15, 0.2) is 48.5 Å². The molecule has 0 spiro atoms. The van der Waals surface area contributed by atoms with Crippen LogP contribution in [0, 0.1) is 13.8 Å². The van der Waals surface area contributed by atoms with E-state index in [4.69, 9.17) is 4.74 Å². The van der Waals surface area contributed by atoms with Crippen molar-refractivity contribution in [3.8, 4) is 0 Å². The van der Waals surface area contributed by atoms with Crippen molar-refractivity contribution < 1.29 is 19.1 Å². The van der Waals surface area contributed by atoms with Gasteiger partial charge in [-0.3, -0.25) is 9.59 Å². The number of benzene rings is 2. The van der Waals surface area contributed by atoms with E-state index in [1.54, 1.807) is 35.8 Å². The number of esters is 1. The minimum Gasteiger partial charge on any atom is -0.465 e. The van der Waals surface area contributed by atoms with Crippen LogP contribution in [-0.2, 0) is 11.3 Å². The number of aryl methyl sites for hydroxylation is 1. The first-order chi connectivity index (χ1) is 13.4. The molecule has 0 saturated carbocycles. The zero-order valence-electron chi connectivity index (χ0n) is 15.9. The van der Waals surface area contributed by atoms with E-state index in [0.29, 0.717) is 23.4 Å². The van der Waals surface area contributed by atoms with Crippen LogP contribution in [0.1, 0.15) is 59.2 Å². The number of rotatable bonds is 3. The number of ketones is 2. The molecule has 5 nitrogen and oxygen atoms in total. The molecule has 0 unspecified atom stereocenters. The second-order valence-electron chi connectivity index (χ2n) is 6.95. The zero-order valence-corrected chi connectivity index (χ0v) is 15.9. The van der Waals surface area contributed by atoms with Crippen LogP contribution in [-0.4, -0.2) is 29.2 Å². The SMILES string of the molecule is COC(=O)c1c2c(n(Cc3ccc(C)cc3)c1C)C(=O)c1ccccc1C2=O. The first kappa shape index (κ1) is 17.9. The summed E-state index contributed by atoms with van der Waals surface area (Å²) >= 11 is 0. The predicted octanol–water partition coefficient (Wildman–Crippen LogP) is 3.72. The average Bonchev–Trinajstić information content (AvgIpc) is 3.00. The second-order valence-corrected chi connectivity index (χ2v) is 6.95. The number of aromatic nitrogens is 1. The fraction of sp³-hybridized carbons (Fsp3) is 0.174. The van der Waals surface area contributed by atoms with E-state index in [0.717, 1.165) is 11.1 Å². The third kappa shape index (κ3) is 2.59. The number of hydrogen-bond acceptors (Lipinski definition) is 4. The molecule has 4 rings (SSSR count). The van der Waals surface area contributed by atoms with Gasteiger partial charge in [-0.25, -0.2) is 4.79 Å². The van der Waals surface area contributed by atoms with Gasteiger partial charge in [0.05, 0.1) is 18.2 Å². The van der Waals surface area contributed by atoms with Gasteiger partial charge in [0.2, 0.25) is 5.78 Å². The summed E-state index contributed by atoms with van der Waals surface area (Å²) in [7, 11) is 1.27. The minimum absolute atomic E-state index is 0.139. The summed E-state index contributed by atoms with van der Waals surface area (Å²) in [6.07, 6.45) is 0. The Bertz CT molecular complexity index is 1140. The maximum absolute atomic E-state index is 13.3. The number of methoxy groups -OCH3 is 1. The molecule has 1 aromatic heterocycles. The molecule has 0 bridgehead atoms. The Morgan fingerprint density at radius 2 is 1.54 bits per heavy atom. The molecule has 0 saturated heterocycles. The molecule has 0 aliphatic heterocycles. The van der Waals surface area contributed by atoms with E-state index in [9.17, 15) is 14.4 Å². The van der Waals surface area contributed by atoms with Gasteiger partial charge in [0.15, 0.2) is 5.78 Å². The fourth-order valence-electron chi connectivity index (χ4n) is 3.76. The van der Waals surface area contributed by atoms with Crippen molar-refractivity contribution in [2.75, 3.05) is 7.11 Å². The van der Waals surface area contributed by atoms with Crippen LogP contribution >= 0.6 is 0 Å². The van der Waals surface area contributed by atoms with Gasteiger partial charge in [0.1, 0.15) is 5.69 Å². The monoisotopic (exact) mass is 373 g/mol. The van der Waals surface area contributed by atoms with E-state index >= 15 is 0 Å². The van der Waals surface area contributed by atoms with Crippen molar-refractivity contribution in [3.63, 3.8) is 0 Å². The van der Waals surface area contributed by atoms with Crippen molar-refractivity contribution >= 4 is 17.5 Å². The van der Waals surface area contributed by atoms with Crippen molar-refractivity contribution in [2.45, 2.75) is 20.4 Å². The van der Waals surface area contributed by atoms with Crippen molar-refractivity contribution in [1.29, 1.82) is 0 Å². The molecule has 3 aromatic rings. The molecule has 0 fully saturated rings. The molecule has 0 atom stereocenters. The number of nitrogens with zero attached hydrogens (tertiary/aromatic N) is 1. The Kier molecular flexibility index (Phi) is 4.23. The van der Waals surface area contributed by atoms with Gasteiger partial charge in [0.25, 0.3) is 0 Å². The molecule has 1 aliphatic carbocycles. The molecule has 0 amide bonds. The Morgan fingerprint density at radius 3 is 2.14 bits per heavy atom. The molecule has 1 heterocycles. The lowest BCUT2D eigenvalue weighted by molar-refractivity contribution is 0.0596. The van der Waals surface area contributed by atoms with Gasteiger partial charge in [-0.1, -0.05) is 54.1 Å². The lowest BCUT2D eigenvalue weighted by atomic mass is 9.86. The first-order valence-electron chi connectivity index (χ1n) is 8.99. The van der Waals surface area contributed by atoms with Crippen molar-refractivity contribution in [1.82, 2.24) is 4.57 Å². The summed E-state index contributed by atoms with van der Waals surface area (Å²) in [6, 6.07) is 14.6. The number of fused-ring (bicyclic) bond motifs is 2. The third-order valence-electron chi connectivity index (χ3n) is 5.23. The summed E-state index contributed by atoms with van der Waals surface area (Å²) in [5.41, 5.74) is 3.89. The number of hydrogen-bond donors (Lipinski definition) is 0. The minimum atomic E-state index is -0.614. The van der Waals surface area contributed by atoms with Gasteiger partial charge >= 0.3 is 5.97 Å². The average molecular weight is 373 g/mol. The van der Waals surface area contributed by atoms with Gasteiger partial charge < -0.3 is 9.30 Å². The summed E-state index contributed by atoms with van der Waals surface area (Å²) in [5.74, 6) is -1.19. The Balaban J connectivity index is 1.97. The summed E-state index contributed by atoms with van der Waals surface area (Å²) < 4.78 is 6.67. The van der Waals surface area contributed by atoms with Crippen LogP contribution in [0.2, 0.25) is 0 Å². The lowest BCUT2D eigenvalue weighted by Gasteiger charge is -2.18. The molecule has 5 heteroatoms. The number of carbonyl (C=O) groups excluding carboxylic acids is 3. The van der Waals surface area contributed by atoms with Crippen LogP contribution < -0.4 is 0 Å². The van der Waals surface area contributed by atoms with Crippen LogP contribution in [0.4, 0.5) is 0 Å². The Labute approximate surface area is 162 Å². The van der Waals surface area contributed by atoms with E-state index < -0.39 is 5.97 Å². The Morgan fingerprint density at radius 1 is 0.929 bits per heavy atom. The van der Waals surface area contributed by atoms with Gasteiger partial charge in [-0.15, -0.1) is 0 Å². The van der Waals surface area contributed by atoms with Crippen molar-refractivity contribution in [3.05, 3.63) is 93.3 Å². The lowest BCUT2D eigenvalue weighted by Crippen LogP contribution is -2.24. The highest BCUT2D eigenvalue weighted by Gasteiger charge is 2.39. The summed E-state index contributed by atoms with van der Waals surface area (Å²) in [5, 5.41) is 0. The summed E-state index contributed by atoms with van der Waals surface area (Å²) in [4.78, 5) is 38.9. The maximum Gasteiger partial charge on any atom is 0.340 e. The quantitative estimate of drug-likeness (QED) is 0.514. The first-order valence-corrected chi connectivity index (χ1v) is 8.99. The third-order valence-corrected chi connectivity index (χ3v) is 5.23. The topological polar surface area (TPSA) is 65.4 Å². The molecule has 140 valence electrons. The second kappa shape index (κ2) is 6.60. The molecule has 0 N–H and O–H groups in total. The zero-order chi connectivity index (χ0) is 20.0. The fourth-order valence-corrected chi connectivity index (χ4v) is 3.76. The van der Waals surface area contributed by atoms with Crippen LogP contribution in [0.25, 0.3) is 0 Å². The molecule has 1 aliphatic rings. The highest BCUT2D eigenvalue weighted by Crippen LogP contribution is 2.34.